The molecule has 0 aliphatic heterocycles. The van der Waals surface area contributed by atoms with Crippen molar-refractivity contribution in [3.05, 3.63) is 54.7 Å². The van der Waals surface area contributed by atoms with E-state index < -0.39 is 0 Å². The van der Waals surface area contributed by atoms with Gasteiger partial charge < -0.3 is 4.74 Å². The summed E-state index contributed by atoms with van der Waals surface area (Å²) in [6.07, 6.45) is 1.72. The van der Waals surface area contributed by atoms with E-state index in [2.05, 4.69) is 16.3 Å². The fourth-order valence-corrected chi connectivity index (χ4v) is 1.57. The Kier molecular flexibility index (Phi) is 2.07. The SMILES string of the molecule is [c]1c(Oc2cc[nH]n2)ccc2ccccc12. The summed E-state index contributed by atoms with van der Waals surface area (Å²) in [5.74, 6) is 1.22. The zero-order valence-corrected chi connectivity index (χ0v) is 8.47. The van der Waals surface area contributed by atoms with E-state index in [9.17, 15) is 0 Å². The average molecular weight is 209 g/mol. The molecule has 1 N–H and O–H groups in total. The summed E-state index contributed by atoms with van der Waals surface area (Å²) in [5, 5.41) is 8.81. The van der Waals surface area contributed by atoms with Gasteiger partial charge >= 0.3 is 0 Å². The number of hydrogen-bond acceptors (Lipinski definition) is 2. The molecular weight excluding hydrogens is 200 g/mol. The summed E-state index contributed by atoms with van der Waals surface area (Å²) in [6, 6.07) is 16.9. The number of hydrogen-bond donors (Lipinski definition) is 1. The van der Waals surface area contributed by atoms with Crippen LogP contribution in [0.2, 0.25) is 0 Å². The van der Waals surface area contributed by atoms with Crippen molar-refractivity contribution in [2.24, 2.45) is 0 Å². The molecule has 2 aromatic carbocycles. The van der Waals surface area contributed by atoms with E-state index in [1.54, 1.807) is 12.3 Å². The van der Waals surface area contributed by atoms with Crippen LogP contribution in [0.15, 0.2) is 48.7 Å². The molecule has 3 aromatic rings. The van der Waals surface area contributed by atoms with Crippen LogP contribution >= 0.6 is 0 Å². The molecule has 1 radical (unpaired) electrons. The second kappa shape index (κ2) is 3.70. The summed E-state index contributed by atoms with van der Waals surface area (Å²) < 4.78 is 5.53. The first-order valence-electron chi connectivity index (χ1n) is 5.00. The highest BCUT2D eigenvalue weighted by atomic mass is 16.5. The maximum Gasteiger partial charge on any atom is 0.237 e. The molecule has 77 valence electrons. The van der Waals surface area contributed by atoms with E-state index in [-0.39, 0.29) is 0 Å². The lowest BCUT2D eigenvalue weighted by Crippen LogP contribution is -1.84. The minimum atomic E-state index is 0.548. The normalized spacial score (nSPS) is 10.5. The predicted molar refractivity (Wildman–Crippen MR) is 61.4 cm³/mol. The van der Waals surface area contributed by atoms with Crippen molar-refractivity contribution in [2.75, 3.05) is 0 Å². The molecule has 1 aromatic heterocycles. The third kappa shape index (κ3) is 1.63. The Morgan fingerprint density at radius 2 is 2.00 bits per heavy atom. The molecule has 0 spiro atoms. The van der Waals surface area contributed by atoms with E-state index in [1.807, 2.05) is 36.4 Å². The molecule has 3 nitrogen and oxygen atoms in total. The van der Waals surface area contributed by atoms with Crippen molar-refractivity contribution in [1.82, 2.24) is 10.2 Å². The molecule has 0 saturated heterocycles. The topological polar surface area (TPSA) is 37.9 Å². The Labute approximate surface area is 92.7 Å². The first-order valence-corrected chi connectivity index (χ1v) is 5.00. The first kappa shape index (κ1) is 8.97. The van der Waals surface area contributed by atoms with Crippen molar-refractivity contribution < 1.29 is 4.74 Å². The van der Waals surface area contributed by atoms with Crippen LogP contribution in [0.1, 0.15) is 0 Å². The Hall–Kier alpha value is -2.29. The zero-order valence-electron chi connectivity index (χ0n) is 8.47. The van der Waals surface area contributed by atoms with Gasteiger partial charge in [-0.05, 0) is 16.8 Å². The van der Waals surface area contributed by atoms with Gasteiger partial charge in [0.05, 0.1) is 0 Å². The van der Waals surface area contributed by atoms with Gasteiger partial charge in [-0.1, -0.05) is 30.3 Å². The zero-order chi connectivity index (χ0) is 10.8. The molecular formula is C13H9N2O. The highest BCUT2D eigenvalue weighted by Crippen LogP contribution is 2.23. The molecule has 0 atom stereocenters. The van der Waals surface area contributed by atoms with Crippen molar-refractivity contribution >= 4 is 10.8 Å². The van der Waals surface area contributed by atoms with Gasteiger partial charge in [0, 0.05) is 18.3 Å². The maximum absolute atomic E-state index is 5.53. The molecule has 16 heavy (non-hydrogen) atoms. The quantitative estimate of drug-likeness (QED) is 0.704. The van der Waals surface area contributed by atoms with Crippen molar-refractivity contribution in [3.8, 4) is 11.6 Å². The van der Waals surface area contributed by atoms with Gasteiger partial charge in [-0.15, -0.1) is 5.10 Å². The van der Waals surface area contributed by atoms with E-state index in [0.717, 1.165) is 10.8 Å². The molecule has 3 heteroatoms. The summed E-state index contributed by atoms with van der Waals surface area (Å²) >= 11 is 0. The lowest BCUT2D eigenvalue weighted by molar-refractivity contribution is 0.461. The fraction of sp³-hybridized carbons (Fsp3) is 0. The minimum Gasteiger partial charge on any atom is -0.437 e. The third-order valence-electron chi connectivity index (χ3n) is 2.32. The smallest absolute Gasteiger partial charge is 0.237 e. The Balaban J connectivity index is 1.99. The predicted octanol–water partition coefficient (Wildman–Crippen LogP) is 3.16. The molecule has 3 rings (SSSR count). The van der Waals surface area contributed by atoms with E-state index in [1.165, 1.54) is 0 Å². The van der Waals surface area contributed by atoms with Crippen LogP contribution in [-0.4, -0.2) is 10.2 Å². The summed E-state index contributed by atoms with van der Waals surface area (Å²) in [5.41, 5.74) is 0. The van der Waals surface area contributed by atoms with Crippen LogP contribution in [0.25, 0.3) is 10.8 Å². The van der Waals surface area contributed by atoms with Gasteiger partial charge in [-0.2, -0.15) is 0 Å². The molecule has 0 amide bonds. The maximum atomic E-state index is 5.53. The molecule has 0 saturated carbocycles. The van der Waals surface area contributed by atoms with E-state index >= 15 is 0 Å². The molecule has 0 aliphatic carbocycles. The average Bonchev–Trinajstić information content (AvgIpc) is 2.82. The number of aromatic amines is 1. The summed E-state index contributed by atoms with van der Waals surface area (Å²) in [7, 11) is 0. The van der Waals surface area contributed by atoms with Gasteiger partial charge in [0.25, 0.3) is 0 Å². The number of ether oxygens (including phenoxy) is 1. The van der Waals surface area contributed by atoms with Crippen LogP contribution in [0.4, 0.5) is 0 Å². The monoisotopic (exact) mass is 209 g/mol. The number of rotatable bonds is 2. The number of fused-ring (bicyclic) bond motifs is 1. The molecule has 0 fully saturated rings. The van der Waals surface area contributed by atoms with Gasteiger partial charge in [0.1, 0.15) is 5.75 Å². The second-order valence-electron chi connectivity index (χ2n) is 3.42. The van der Waals surface area contributed by atoms with Gasteiger partial charge in [0.2, 0.25) is 5.88 Å². The molecule has 1 heterocycles. The van der Waals surface area contributed by atoms with Crippen molar-refractivity contribution in [3.63, 3.8) is 0 Å². The summed E-state index contributed by atoms with van der Waals surface area (Å²) in [4.78, 5) is 0. The van der Waals surface area contributed by atoms with Crippen LogP contribution in [0.5, 0.6) is 11.6 Å². The van der Waals surface area contributed by atoms with Gasteiger partial charge in [-0.25, -0.2) is 0 Å². The Bertz CT molecular complexity index is 602. The standard InChI is InChI=1S/C13H9N2O/c1-2-4-11-9-12(6-5-10(11)3-1)16-13-7-8-14-15-13/h1-8H,(H,14,15). The largest absolute Gasteiger partial charge is 0.437 e. The number of nitrogens with one attached hydrogen (secondary N) is 1. The lowest BCUT2D eigenvalue weighted by atomic mass is 10.1. The fourth-order valence-electron chi connectivity index (χ4n) is 1.57. The van der Waals surface area contributed by atoms with E-state index in [0.29, 0.717) is 11.6 Å². The third-order valence-corrected chi connectivity index (χ3v) is 2.32. The van der Waals surface area contributed by atoms with Crippen LogP contribution in [0.3, 0.4) is 0 Å². The highest BCUT2D eigenvalue weighted by molar-refractivity contribution is 5.83. The lowest BCUT2D eigenvalue weighted by Gasteiger charge is -2.02. The van der Waals surface area contributed by atoms with Crippen molar-refractivity contribution in [1.29, 1.82) is 0 Å². The highest BCUT2D eigenvalue weighted by Gasteiger charge is 2.00. The van der Waals surface area contributed by atoms with Crippen LogP contribution in [-0.2, 0) is 0 Å². The Morgan fingerprint density at radius 1 is 1.06 bits per heavy atom. The molecule has 0 aliphatic rings. The molecule has 0 unspecified atom stereocenters. The van der Waals surface area contributed by atoms with Gasteiger partial charge in [0.15, 0.2) is 0 Å². The number of nitrogens with zero attached hydrogens (tertiary/aromatic N) is 1. The molecule has 0 bridgehead atoms. The van der Waals surface area contributed by atoms with Crippen molar-refractivity contribution in [2.45, 2.75) is 0 Å². The van der Waals surface area contributed by atoms with Gasteiger partial charge in [-0.3, -0.25) is 5.10 Å². The number of aromatic nitrogens is 2. The number of benzene rings is 2. The van der Waals surface area contributed by atoms with Crippen LogP contribution < -0.4 is 4.74 Å². The minimum absolute atomic E-state index is 0.548. The van der Waals surface area contributed by atoms with Crippen LogP contribution in [0, 0.1) is 6.07 Å². The van der Waals surface area contributed by atoms with E-state index in [4.69, 9.17) is 4.74 Å². The Morgan fingerprint density at radius 3 is 2.88 bits per heavy atom. The second-order valence-corrected chi connectivity index (χ2v) is 3.42. The summed E-state index contributed by atoms with van der Waals surface area (Å²) in [6.45, 7) is 0. The first-order chi connectivity index (χ1) is 7.92. The number of H-pyrrole nitrogens is 1.